The molecule has 0 radical (unpaired) electrons. The molecule has 0 aliphatic heterocycles. The van der Waals surface area contributed by atoms with Gasteiger partial charge in [-0.05, 0) is 0 Å². The van der Waals surface area contributed by atoms with Crippen molar-refractivity contribution in [1.29, 1.82) is 0 Å². The number of hydrogen-bond acceptors (Lipinski definition) is 0. The van der Waals surface area contributed by atoms with Crippen molar-refractivity contribution in [2.24, 2.45) is 0 Å². The first kappa shape index (κ1) is 15.5. The quantitative estimate of drug-likeness (QED) is 0.406. The normalized spacial score (nSPS) is 19.5. The molecule has 2 aromatic rings. The average Bonchev–Trinajstić information content (AvgIpc) is 3.19. The Kier molecular flexibility index (Phi) is 4.60. The van der Waals surface area contributed by atoms with Gasteiger partial charge in [0.15, 0.2) is 0 Å². The van der Waals surface area contributed by atoms with Gasteiger partial charge < -0.3 is 0 Å². The van der Waals surface area contributed by atoms with E-state index in [4.69, 9.17) is 0 Å². The predicted octanol–water partition coefficient (Wildman–Crippen LogP) is 5.40. The molecule has 0 heterocycles. The average molecular weight is 481 g/mol. The Morgan fingerprint density at radius 1 is 1.00 bits per heavy atom. The van der Waals surface area contributed by atoms with Crippen molar-refractivity contribution in [1.82, 2.24) is 0 Å². The molecule has 2 aromatic carbocycles. The van der Waals surface area contributed by atoms with Gasteiger partial charge in [0, 0.05) is 0 Å². The molecule has 0 saturated carbocycles. The van der Waals surface area contributed by atoms with Crippen molar-refractivity contribution in [2.45, 2.75) is 17.0 Å². The molecule has 2 atom stereocenters. The molecule has 2 unspecified atom stereocenters. The van der Waals surface area contributed by atoms with Crippen LogP contribution >= 0.6 is 8.58 Å². The topological polar surface area (TPSA) is 0 Å². The van der Waals surface area contributed by atoms with Crippen LogP contribution in [0.1, 0.15) is 28.1 Å². The summed E-state index contributed by atoms with van der Waals surface area (Å²) in [5, 5.41) is 3.06. The number of allylic oxidation sites excluding steroid dienone is 5. The van der Waals surface area contributed by atoms with Crippen LogP contribution in [0.3, 0.4) is 0 Å². The Morgan fingerprint density at radius 3 is 2.57 bits per heavy atom. The van der Waals surface area contributed by atoms with E-state index in [1.807, 2.05) is 0 Å². The molecule has 0 saturated heterocycles. The zero-order chi connectivity index (χ0) is 15.6. The molecule has 0 nitrogen and oxygen atoms in total. The summed E-state index contributed by atoms with van der Waals surface area (Å²) in [7, 11) is 0.781. The molecular weight excluding hydrogens is 462 g/mol. The van der Waals surface area contributed by atoms with Crippen molar-refractivity contribution >= 4 is 19.2 Å². The van der Waals surface area contributed by atoms with Gasteiger partial charge in [-0.3, -0.25) is 0 Å². The van der Waals surface area contributed by atoms with Crippen LogP contribution in [0, 0.1) is 0 Å². The van der Waals surface area contributed by atoms with E-state index < -0.39 is 22.9 Å². The van der Waals surface area contributed by atoms with E-state index in [-0.39, 0.29) is 0 Å². The molecule has 0 bridgehead atoms. The summed E-state index contributed by atoms with van der Waals surface area (Å²) in [6.45, 7) is 2.39. The summed E-state index contributed by atoms with van der Waals surface area (Å²) in [4.78, 5) is 0. The van der Waals surface area contributed by atoms with Gasteiger partial charge in [-0.2, -0.15) is 0 Å². The van der Waals surface area contributed by atoms with Gasteiger partial charge in [-0.1, -0.05) is 0 Å². The molecule has 4 rings (SSSR count). The number of fused-ring (bicyclic) bond motifs is 1. The first-order chi connectivity index (χ1) is 11.3. The minimum absolute atomic E-state index is 0.753. The van der Waals surface area contributed by atoms with Crippen molar-refractivity contribution in [3.63, 3.8) is 0 Å². The zero-order valence-electron chi connectivity index (χ0n) is 13.2. The third kappa shape index (κ3) is 3.14. The molecule has 0 fully saturated rings. The summed E-state index contributed by atoms with van der Waals surface area (Å²) >= 11 is -0.841. The van der Waals surface area contributed by atoms with Crippen molar-refractivity contribution in [2.75, 3.05) is 0 Å². The maximum atomic E-state index is 2.39. The molecule has 2 aliphatic rings. The van der Waals surface area contributed by atoms with Crippen LogP contribution in [0.5, 0.6) is 0 Å². The van der Waals surface area contributed by atoms with E-state index in [0.29, 0.717) is 0 Å². The maximum absolute atomic E-state index is 2.39. The van der Waals surface area contributed by atoms with Gasteiger partial charge in [-0.25, -0.2) is 0 Å². The molecule has 0 amide bonds. The molecule has 0 spiro atoms. The summed E-state index contributed by atoms with van der Waals surface area (Å²) in [5.41, 5.74) is 4.79. The van der Waals surface area contributed by atoms with E-state index in [1.165, 1.54) is 17.3 Å². The molecule has 2 aliphatic carbocycles. The monoisotopic (exact) mass is 482 g/mol. The van der Waals surface area contributed by atoms with Crippen LogP contribution < -0.4 is 5.30 Å². The minimum atomic E-state index is -0.841. The Hall–Kier alpha value is -1.04. The first-order valence-corrected chi connectivity index (χ1v) is 12.9. The van der Waals surface area contributed by atoms with E-state index >= 15 is 0 Å². The van der Waals surface area contributed by atoms with Gasteiger partial charge in [0.05, 0.1) is 0 Å². The van der Waals surface area contributed by atoms with E-state index in [1.54, 1.807) is 19.8 Å². The summed E-state index contributed by atoms with van der Waals surface area (Å²) < 4.78 is 2.51. The fraction of sp³-hybridized carbons (Fsp3) is 0.143. The number of benzene rings is 2. The van der Waals surface area contributed by atoms with Crippen LogP contribution in [0.15, 0.2) is 81.7 Å². The van der Waals surface area contributed by atoms with Crippen LogP contribution in [0.25, 0.3) is 5.31 Å². The molecule has 0 N–H and O–H groups in total. The van der Waals surface area contributed by atoms with Gasteiger partial charge in [0.1, 0.15) is 0 Å². The number of hydrogen-bond donors (Lipinski definition) is 0. The second-order valence-electron chi connectivity index (χ2n) is 6.04. The van der Waals surface area contributed by atoms with Crippen molar-refractivity contribution in [3.05, 3.63) is 92.9 Å². The summed E-state index contributed by atoms with van der Waals surface area (Å²) in [5.74, 6) is 0. The Balaban J connectivity index is 1.69. The Morgan fingerprint density at radius 2 is 1.78 bits per heavy atom. The van der Waals surface area contributed by atoms with Gasteiger partial charge in [-0.15, -0.1) is 0 Å². The number of rotatable bonds is 4. The Bertz CT molecular complexity index is 815. The van der Waals surface area contributed by atoms with Crippen molar-refractivity contribution in [3.8, 4) is 0 Å². The fourth-order valence-electron chi connectivity index (χ4n) is 3.32. The molecule has 2 heteroatoms. The molecular formula is C21H19HfP. The van der Waals surface area contributed by atoms with Gasteiger partial charge in [0.2, 0.25) is 0 Å². The third-order valence-electron chi connectivity index (χ3n) is 4.51. The fourth-order valence-corrected chi connectivity index (χ4v) is 10.8. The summed E-state index contributed by atoms with van der Waals surface area (Å²) in [6.07, 6.45) is 8.16. The van der Waals surface area contributed by atoms with Gasteiger partial charge >= 0.3 is 152 Å². The zero-order valence-corrected chi connectivity index (χ0v) is 17.8. The SMILES string of the molecule is CC1=C(Pc2ccccc2)c2ccccc2[CH]1[Hf][C]1=CC=CC1. The molecule has 0 aromatic heterocycles. The summed E-state index contributed by atoms with van der Waals surface area (Å²) in [6, 6.07) is 20.1. The van der Waals surface area contributed by atoms with Crippen LogP contribution in [-0.2, 0) is 22.9 Å². The first-order valence-electron chi connectivity index (χ1n) is 8.07. The second kappa shape index (κ2) is 6.83. The Labute approximate surface area is 151 Å². The van der Waals surface area contributed by atoms with E-state index in [9.17, 15) is 0 Å². The van der Waals surface area contributed by atoms with Crippen LogP contribution in [-0.4, -0.2) is 0 Å². The van der Waals surface area contributed by atoms with Crippen molar-refractivity contribution < 1.29 is 22.9 Å². The van der Waals surface area contributed by atoms with Gasteiger partial charge in [0.25, 0.3) is 0 Å². The third-order valence-corrected chi connectivity index (χ3v) is 12.4. The second-order valence-corrected chi connectivity index (χ2v) is 12.8. The standard InChI is InChI=1S/C16H14P.C5H5.Hf/c1-12-11-13-7-5-6-10-15(13)16(12)17-14-8-3-2-4-9-14;1-2-4-5-3-1;/h2-11,17H,1H3;1-3H,4H2;. The van der Waals surface area contributed by atoms with E-state index in [2.05, 4.69) is 79.7 Å². The van der Waals surface area contributed by atoms with E-state index in [0.717, 1.165) is 12.3 Å². The predicted molar refractivity (Wildman–Crippen MR) is 98.0 cm³/mol. The molecule has 112 valence electrons. The van der Waals surface area contributed by atoms with Crippen LogP contribution in [0.4, 0.5) is 0 Å². The van der Waals surface area contributed by atoms with Crippen LogP contribution in [0.2, 0.25) is 0 Å². The molecule has 23 heavy (non-hydrogen) atoms.